The van der Waals surface area contributed by atoms with E-state index in [0.717, 1.165) is 21.3 Å². The van der Waals surface area contributed by atoms with Crippen LogP contribution in [0.5, 0.6) is 11.5 Å². The van der Waals surface area contributed by atoms with Gasteiger partial charge in [0.2, 0.25) is 0 Å². The van der Waals surface area contributed by atoms with Crippen LogP contribution in [0.4, 0.5) is 5.69 Å². The van der Waals surface area contributed by atoms with Crippen LogP contribution in [0.2, 0.25) is 0 Å². The fraction of sp³-hybridized carbons (Fsp3) is 0.120. The number of amides is 1. The Kier molecular flexibility index (Phi) is 6.18. The number of halogens is 1. The number of hydrogen-bond acceptors (Lipinski definition) is 4. The zero-order chi connectivity index (χ0) is 21.8. The average molecular weight is 477 g/mol. The summed E-state index contributed by atoms with van der Waals surface area (Å²) in [6, 6.07) is 23.0. The number of hydrazone groups is 1. The highest BCUT2D eigenvalue weighted by molar-refractivity contribution is 9.10. The van der Waals surface area contributed by atoms with E-state index in [0.29, 0.717) is 29.4 Å². The number of ether oxygens (including phenoxy) is 2. The predicted molar refractivity (Wildman–Crippen MR) is 126 cm³/mol. The summed E-state index contributed by atoms with van der Waals surface area (Å²) in [7, 11) is 1.60. The molecule has 0 spiro atoms. The van der Waals surface area contributed by atoms with Gasteiger partial charge < -0.3 is 9.47 Å². The molecule has 0 aliphatic carbocycles. The highest BCUT2D eigenvalue weighted by Crippen LogP contribution is 2.31. The molecule has 0 aromatic heterocycles. The molecule has 1 heterocycles. The lowest BCUT2D eigenvalue weighted by atomic mass is 10.1. The van der Waals surface area contributed by atoms with Crippen molar-refractivity contribution < 1.29 is 14.3 Å². The second kappa shape index (κ2) is 9.18. The van der Waals surface area contributed by atoms with Crippen molar-refractivity contribution in [3.63, 3.8) is 0 Å². The first-order chi connectivity index (χ1) is 15.0. The smallest absolute Gasteiger partial charge is 0.280 e. The van der Waals surface area contributed by atoms with Crippen LogP contribution in [0.1, 0.15) is 18.1 Å². The van der Waals surface area contributed by atoms with Crippen LogP contribution < -0.4 is 14.5 Å². The molecule has 31 heavy (non-hydrogen) atoms. The van der Waals surface area contributed by atoms with Gasteiger partial charge in [-0.2, -0.15) is 10.1 Å². The minimum absolute atomic E-state index is 0.154. The first kappa shape index (κ1) is 20.9. The van der Waals surface area contributed by atoms with Crippen LogP contribution in [0.15, 0.2) is 87.9 Å². The fourth-order valence-corrected chi connectivity index (χ4v) is 3.49. The normalized spacial score (nSPS) is 14.7. The van der Waals surface area contributed by atoms with E-state index < -0.39 is 0 Å². The SMILES string of the molecule is COc1cc(/C=C2/C(=O)N(c3ccccc3)N=C2C)ccc1OCc1ccc(Br)cc1. The summed E-state index contributed by atoms with van der Waals surface area (Å²) in [6.07, 6.45) is 1.82. The van der Waals surface area contributed by atoms with Gasteiger partial charge in [0, 0.05) is 4.47 Å². The molecule has 156 valence electrons. The van der Waals surface area contributed by atoms with Crippen molar-refractivity contribution in [3.05, 3.63) is 94.0 Å². The molecule has 0 N–H and O–H groups in total. The maximum absolute atomic E-state index is 12.9. The largest absolute Gasteiger partial charge is 0.493 e. The van der Waals surface area contributed by atoms with Gasteiger partial charge in [-0.3, -0.25) is 4.79 Å². The molecule has 5 nitrogen and oxygen atoms in total. The van der Waals surface area contributed by atoms with E-state index in [1.54, 1.807) is 7.11 Å². The molecule has 0 saturated carbocycles. The number of carbonyl (C=O) groups excluding carboxylic acids is 1. The van der Waals surface area contributed by atoms with Gasteiger partial charge in [0.25, 0.3) is 5.91 Å². The Balaban J connectivity index is 1.53. The summed E-state index contributed by atoms with van der Waals surface area (Å²) in [5, 5.41) is 5.84. The monoisotopic (exact) mass is 476 g/mol. The number of anilines is 1. The number of hydrogen-bond donors (Lipinski definition) is 0. The summed E-state index contributed by atoms with van der Waals surface area (Å²) in [5.74, 6) is 1.09. The molecule has 1 aliphatic rings. The van der Waals surface area contributed by atoms with Crippen LogP contribution >= 0.6 is 15.9 Å². The van der Waals surface area contributed by atoms with Crippen LogP contribution in [0.3, 0.4) is 0 Å². The van der Waals surface area contributed by atoms with E-state index in [9.17, 15) is 4.79 Å². The van der Waals surface area contributed by atoms with E-state index in [1.165, 1.54) is 5.01 Å². The van der Waals surface area contributed by atoms with Crippen LogP contribution in [0, 0.1) is 0 Å². The Morgan fingerprint density at radius 2 is 1.74 bits per heavy atom. The molecular weight excluding hydrogens is 456 g/mol. The third-order valence-electron chi connectivity index (χ3n) is 4.87. The highest BCUT2D eigenvalue weighted by atomic mass is 79.9. The van der Waals surface area contributed by atoms with Gasteiger partial charge in [0.05, 0.1) is 24.1 Å². The van der Waals surface area contributed by atoms with Crippen LogP contribution in [-0.4, -0.2) is 18.7 Å². The third-order valence-corrected chi connectivity index (χ3v) is 5.40. The van der Waals surface area contributed by atoms with Crippen molar-refractivity contribution in [3.8, 4) is 11.5 Å². The molecule has 3 aromatic rings. The molecule has 3 aromatic carbocycles. The second-order valence-electron chi connectivity index (χ2n) is 7.02. The first-order valence-electron chi connectivity index (χ1n) is 9.77. The molecule has 1 aliphatic heterocycles. The molecule has 4 rings (SSSR count). The molecule has 1 amide bonds. The number of benzene rings is 3. The number of nitrogens with zero attached hydrogens (tertiary/aromatic N) is 2. The number of rotatable bonds is 6. The minimum Gasteiger partial charge on any atom is -0.493 e. The topological polar surface area (TPSA) is 51.1 Å². The summed E-state index contributed by atoms with van der Waals surface area (Å²) in [6.45, 7) is 2.26. The van der Waals surface area contributed by atoms with Crippen LogP contribution in [-0.2, 0) is 11.4 Å². The van der Waals surface area contributed by atoms with Gasteiger partial charge in [-0.25, -0.2) is 0 Å². The minimum atomic E-state index is -0.154. The van der Waals surface area contributed by atoms with E-state index in [2.05, 4.69) is 21.0 Å². The Bertz CT molecular complexity index is 1160. The molecular formula is C25H21BrN2O3. The summed E-state index contributed by atoms with van der Waals surface area (Å²) >= 11 is 3.43. The van der Waals surface area contributed by atoms with Crippen molar-refractivity contribution in [1.82, 2.24) is 0 Å². The van der Waals surface area contributed by atoms with Gasteiger partial charge in [-0.05, 0) is 60.5 Å². The third kappa shape index (κ3) is 4.70. The average Bonchev–Trinajstić information content (AvgIpc) is 3.08. The lowest BCUT2D eigenvalue weighted by Gasteiger charge is -2.12. The van der Waals surface area contributed by atoms with Gasteiger partial charge in [-0.15, -0.1) is 0 Å². The van der Waals surface area contributed by atoms with Crippen LogP contribution in [0.25, 0.3) is 6.08 Å². The van der Waals surface area contributed by atoms with Crippen molar-refractivity contribution in [2.45, 2.75) is 13.5 Å². The van der Waals surface area contributed by atoms with E-state index in [-0.39, 0.29) is 5.91 Å². The standard InChI is InChI=1S/C25H21BrN2O3/c1-17-22(25(29)28(27-17)21-6-4-3-5-7-21)14-19-10-13-23(24(15-19)30-2)31-16-18-8-11-20(26)12-9-18/h3-15H,16H2,1-2H3/b22-14+. The Hall–Kier alpha value is -3.38. The van der Waals surface area contributed by atoms with E-state index >= 15 is 0 Å². The van der Waals surface area contributed by atoms with Crippen molar-refractivity contribution in [1.29, 1.82) is 0 Å². The maximum Gasteiger partial charge on any atom is 0.280 e. The van der Waals surface area contributed by atoms with Gasteiger partial charge in [0.1, 0.15) is 6.61 Å². The highest BCUT2D eigenvalue weighted by Gasteiger charge is 2.28. The zero-order valence-electron chi connectivity index (χ0n) is 17.2. The first-order valence-corrected chi connectivity index (χ1v) is 10.6. The lowest BCUT2D eigenvalue weighted by Crippen LogP contribution is -2.21. The van der Waals surface area contributed by atoms with E-state index in [1.807, 2.05) is 85.8 Å². The summed E-state index contributed by atoms with van der Waals surface area (Å²) in [5.41, 5.74) is 3.85. The summed E-state index contributed by atoms with van der Waals surface area (Å²) in [4.78, 5) is 12.9. The molecule has 0 atom stereocenters. The number of para-hydroxylation sites is 1. The Morgan fingerprint density at radius 3 is 2.45 bits per heavy atom. The zero-order valence-corrected chi connectivity index (χ0v) is 18.8. The second-order valence-corrected chi connectivity index (χ2v) is 7.94. The Labute approximate surface area is 189 Å². The predicted octanol–water partition coefficient (Wildman–Crippen LogP) is 5.84. The fourth-order valence-electron chi connectivity index (χ4n) is 3.23. The molecule has 0 fully saturated rings. The van der Waals surface area contributed by atoms with Gasteiger partial charge in [-0.1, -0.05) is 52.3 Å². The van der Waals surface area contributed by atoms with Crippen molar-refractivity contribution in [2.24, 2.45) is 5.10 Å². The number of methoxy groups -OCH3 is 1. The quantitative estimate of drug-likeness (QED) is 0.419. The van der Waals surface area contributed by atoms with Gasteiger partial charge >= 0.3 is 0 Å². The van der Waals surface area contributed by atoms with Crippen molar-refractivity contribution >= 4 is 39.3 Å². The molecule has 0 unspecified atom stereocenters. The molecule has 0 saturated heterocycles. The van der Waals surface area contributed by atoms with Crippen molar-refractivity contribution in [2.75, 3.05) is 12.1 Å². The molecule has 0 radical (unpaired) electrons. The van der Waals surface area contributed by atoms with Gasteiger partial charge in [0.15, 0.2) is 11.5 Å². The van der Waals surface area contributed by atoms with E-state index in [4.69, 9.17) is 9.47 Å². The molecule has 6 heteroatoms. The Morgan fingerprint density at radius 1 is 1.00 bits per heavy atom. The maximum atomic E-state index is 12.9. The lowest BCUT2D eigenvalue weighted by molar-refractivity contribution is -0.114. The molecule has 0 bridgehead atoms. The summed E-state index contributed by atoms with van der Waals surface area (Å²) < 4.78 is 12.5. The number of carbonyl (C=O) groups is 1.